The molecule has 1 aliphatic carbocycles. The van der Waals surface area contributed by atoms with Crippen LogP contribution < -0.4 is 15.5 Å². The molecule has 0 radical (unpaired) electrons. The molecule has 3 aromatic rings. The molecule has 1 aliphatic heterocycles. The Labute approximate surface area is 199 Å². The number of oxazole rings is 1. The van der Waals surface area contributed by atoms with Crippen molar-refractivity contribution in [1.82, 2.24) is 15.3 Å². The lowest BCUT2D eigenvalue weighted by Crippen LogP contribution is -2.48. The molecule has 5 rings (SSSR count). The molecule has 3 heterocycles. The van der Waals surface area contributed by atoms with E-state index in [4.69, 9.17) is 4.42 Å². The van der Waals surface area contributed by atoms with Gasteiger partial charge >= 0.3 is 6.03 Å². The molecule has 2 aliphatic rings. The lowest BCUT2D eigenvalue weighted by molar-refractivity contribution is 0.0671. The van der Waals surface area contributed by atoms with Crippen LogP contribution >= 0.6 is 11.3 Å². The minimum absolute atomic E-state index is 0.0142. The van der Waals surface area contributed by atoms with Crippen molar-refractivity contribution in [3.05, 3.63) is 46.6 Å². The van der Waals surface area contributed by atoms with Gasteiger partial charge in [-0.15, -0.1) is 0 Å². The Morgan fingerprint density at radius 2 is 2.12 bits per heavy atom. The van der Waals surface area contributed by atoms with Gasteiger partial charge in [0.15, 0.2) is 10.9 Å². The van der Waals surface area contributed by atoms with Crippen LogP contribution in [-0.2, 0) is 6.42 Å². The summed E-state index contributed by atoms with van der Waals surface area (Å²) in [6, 6.07) is 6.08. The number of rotatable bonds is 5. The average molecular weight is 490 g/mol. The van der Waals surface area contributed by atoms with E-state index in [2.05, 4.69) is 20.6 Å². The molecule has 1 fully saturated rings. The van der Waals surface area contributed by atoms with E-state index in [1.54, 1.807) is 18.3 Å². The average Bonchev–Trinajstić information content (AvgIpc) is 3.40. The second-order valence-corrected chi connectivity index (χ2v) is 9.85. The van der Waals surface area contributed by atoms with Crippen LogP contribution in [0.15, 0.2) is 34.9 Å². The fraction of sp³-hybridized carbons (Fsp3) is 0.435. The number of urea groups is 1. The third kappa shape index (κ3) is 4.37. The molecule has 0 saturated heterocycles. The number of carbonyl (C=O) groups is 1. The van der Waals surface area contributed by atoms with Crippen molar-refractivity contribution in [3.63, 3.8) is 0 Å². The van der Waals surface area contributed by atoms with Crippen LogP contribution in [0, 0.1) is 0 Å². The third-order valence-electron chi connectivity index (χ3n) is 6.29. The molecule has 0 spiro atoms. The van der Waals surface area contributed by atoms with E-state index in [9.17, 15) is 18.7 Å². The monoisotopic (exact) mass is 489 g/mol. The predicted octanol–water partition coefficient (Wildman–Crippen LogP) is 4.89. The van der Waals surface area contributed by atoms with Gasteiger partial charge in [0.2, 0.25) is 0 Å². The maximum atomic E-state index is 13.1. The number of amides is 2. The molecule has 8 nitrogen and oxygen atoms in total. The largest absolute Gasteiger partial charge is 0.423 e. The van der Waals surface area contributed by atoms with Crippen molar-refractivity contribution >= 4 is 28.5 Å². The first-order valence-corrected chi connectivity index (χ1v) is 12.0. The number of anilines is 2. The Hall–Kier alpha value is -3.05. The van der Waals surface area contributed by atoms with Crippen molar-refractivity contribution in [3.8, 4) is 11.3 Å². The predicted molar refractivity (Wildman–Crippen MR) is 124 cm³/mol. The molecular formula is C23H25F2N5O3S. The molecule has 3 N–H and O–H groups in total. The fourth-order valence-corrected chi connectivity index (χ4v) is 5.54. The summed E-state index contributed by atoms with van der Waals surface area (Å²) in [5.74, 6) is 0.423. The lowest BCUT2D eigenvalue weighted by Gasteiger charge is -2.36. The van der Waals surface area contributed by atoms with Gasteiger partial charge in [0.05, 0.1) is 28.9 Å². The van der Waals surface area contributed by atoms with E-state index in [1.165, 1.54) is 23.5 Å². The first kappa shape index (κ1) is 22.7. The molecule has 2 amide bonds. The Kier molecular flexibility index (Phi) is 5.98. The molecule has 11 heteroatoms. The highest BCUT2D eigenvalue weighted by Gasteiger charge is 2.35. The standard InChI is InChI=1S/C23H25F2N5O3S/c1-11-6-17-19(34-22(28-17)29-21(32)27-15-8-16(31)9-15)12(2)30(11)23-26-10-18(33-23)13-4-3-5-14(7-13)20(24)25/h3-5,7,10-12,15-16,20,31H,6,8-9H2,1-2H3,(H2,27,28,29,32)/t11-,12+,15-,16-/m1/s1. The van der Waals surface area contributed by atoms with Crippen molar-refractivity contribution < 1.29 is 23.1 Å². The molecule has 1 aromatic carbocycles. The molecule has 1 saturated carbocycles. The summed E-state index contributed by atoms with van der Waals surface area (Å²) in [6.07, 6.45) is 0.434. The lowest BCUT2D eigenvalue weighted by atomic mass is 9.90. The van der Waals surface area contributed by atoms with Gasteiger partial charge in [-0.25, -0.2) is 23.5 Å². The maximum absolute atomic E-state index is 13.1. The first-order valence-electron chi connectivity index (χ1n) is 11.2. The molecular weight excluding hydrogens is 464 g/mol. The number of aromatic nitrogens is 2. The number of benzene rings is 1. The maximum Gasteiger partial charge on any atom is 0.321 e. The summed E-state index contributed by atoms with van der Waals surface area (Å²) in [5.41, 5.74) is 1.40. The second kappa shape index (κ2) is 8.95. The summed E-state index contributed by atoms with van der Waals surface area (Å²) in [5, 5.41) is 15.5. The molecule has 2 aromatic heterocycles. The number of alkyl halides is 2. The van der Waals surface area contributed by atoms with Gasteiger partial charge in [-0.2, -0.15) is 0 Å². The Bertz CT molecular complexity index is 1190. The van der Waals surface area contributed by atoms with E-state index in [0.29, 0.717) is 41.7 Å². The van der Waals surface area contributed by atoms with Crippen molar-refractivity contribution in [2.75, 3.05) is 10.2 Å². The van der Waals surface area contributed by atoms with Crippen LogP contribution in [0.1, 0.15) is 55.3 Å². The van der Waals surface area contributed by atoms with Gasteiger partial charge in [-0.1, -0.05) is 29.5 Å². The summed E-state index contributed by atoms with van der Waals surface area (Å²) < 4.78 is 32.2. The second-order valence-electron chi connectivity index (χ2n) is 8.82. The number of nitrogens with zero attached hydrogens (tertiary/aromatic N) is 3. The number of halogens is 2. The van der Waals surface area contributed by atoms with E-state index < -0.39 is 6.43 Å². The number of hydrogen-bond donors (Lipinski definition) is 3. The number of fused-ring (bicyclic) bond motifs is 1. The Balaban J connectivity index is 1.32. The van der Waals surface area contributed by atoms with Crippen LogP contribution in [-0.4, -0.2) is 39.3 Å². The van der Waals surface area contributed by atoms with Crippen LogP contribution in [0.2, 0.25) is 0 Å². The zero-order chi connectivity index (χ0) is 24.0. The van der Waals surface area contributed by atoms with Crippen molar-refractivity contribution in [2.45, 2.75) is 63.8 Å². The summed E-state index contributed by atoms with van der Waals surface area (Å²) in [6.45, 7) is 4.06. The van der Waals surface area contributed by atoms with E-state index >= 15 is 0 Å². The zero-order valence-electron chi connectivity index (χ0n) is 18.7. The minimum atomic E-state index is -2.56. The zero-order valence-corrected chi connectivity index (χ0v) is 19.5. The van der Waals surface area contributed by atoms with Crippen LogP contribution in [0.25, 0.3) is 11.3 Å². The number of carbonyl (C=O) groups excluding carboxylic acids is 1. The van der Waals surface area contributed by atoms with E-state index in [0.717, 1.165) is 10.6 Å². The van der Waals surface area contributed by atoms with E-state index in [-0.39, 0.29) is 35.8 Å². The van der Waals surface area contributed by atoms with Gasteiger partial charge in [0.1, 0.15) is 0 Å². The quantitative estimate of drug-likeness (QED) is 0.471. The SMILES string of the molecule is C[C@@H]1Cc2nc(NC(=O)N[C@H]3C[C@H](O)C3)sc2[C@H](C)N1c1ncc(-c2cccc(C(F)F)c2)o1. The van der Waals surface area contributed by atoms with Crippen LogP contribution in [0.4, 0.5) is 24.7 Å². The summed E-state index contributed by atoms with van der Waals surface area (Å²) in [4.78, 5) is 24.3. The smallest absolute Gasteiger partial charge is 0.321 e. The highest BCUT2D eigenvalue weighted by Crippen LogP contribution is 2.41. The van der Waals surface area contributed by atoms with Gasteiger partial charge in [-0.05, 0) is 32.8 Å². The van der Waals surface area contributed by atoms with Crippen LogP contribution in [0.5, 0.6) is 0 Å². The highest BCUT2D eigenvalue weighted by molar-refractivity contribution is 7.16. The summed E-state index contributed by atoms with van der Waals surface area (Å²) in [7, 11) is 0. The summed E-state index contributed by atoms with van der Waals surface area (Å²) >= 11 is 1.41. The molecule has 0 bridgehead atoms. The van der Waals surface area contributed by atoms with Gasteiger partial charge in [-0.3, -0.25) is 5.32 Å². The van der Waals surface area contributed by atoms with Gasteiger partial charge in [0, 0.05) is 29.6 Å². The number of hydrogen-bond acceptors (Lipinski definition) is 7. The Morgan fingerprint density at radius 3 is 2.85 bits per heavy atom. The topological polar surface area (TPSA) is 104 Å². The van der Waals surface area contributed by atoms with Gasteiger partial charge in [0.25, 0.3) is 12.4 Å². The molecule has 34 heavy (non-hydrogen) atoms. The number of thiazole rings is 1. The normalized spacial score (nSPS) is 24.0. The van der Waals surface area contributed by atoms with Crippen LogP contribution in [0.3, 0.4) is 0 Å². The highest BCUT2D eigenvalue weighted by atomic mass is 32.1. The van der Waals surface area contributed by atoms with Crippen molar-refractivity contribution in [2.24, 2.45) is 0 Å². The molecule has 0 unspecified atom stereocenters. The molecule has 2 atom stereocenters. The number of aliphatic hydroxyl groups is 1. The number of aliphatic hydroxyl groups excluding tert-OH is 1. The molecule has 180 valence electrons. The third-order valence-corrected chi connectivity index (χ3v) is 7.48. The van der Waals surface area contributed by atoms with Crippen molar-refractivity contribution in [1.29, 1.82) is 0 Å². The number of nitrogens with one attached hydrogen (secondary N) is 2. The van der Waals surface area contributed by atoms with E-state index in [1.807, 2.05) is 18.7 Å². The fourth-order valence-electron chi connectivity index (χ4n) is 4.50. The van der Waals surface area contributed by atoms with Gasteiger partial charge < -0.3 is 19.7 Å². The first-order chi connectivity index (χ1) is 16.3. The Morgan fingerprint density at radius 1 is 1.32 bits per heavy atom. The minimum Gasteiger partial charge on any atom is -0.423 e.